The molecule has 2 heterocycles. The van der Waals surface area contributed by atoms with Crippen molar-refractivity contribution in [2.45, 2.75) is 95.1 Å². The number of carbonyl (C=O) groups is 2. The van der Waals surface area contributed by atoms with Crippen molar-refractivity contribution in [3.63, 3.8) is 0 Å². The van der Waals surface area contributed by atoms with E-state index < -0.39 is 30.1 Å². The maximum Gasteiger partial charge on any atom is 0.338 e. The number of ether oxygens (including phenoxy) is 4. The first-order chi connectivity index (χ1) is 25.1. The standard InChI is InChI=1S/C44H49NO7/c1-42(2)27-34-30(18-19-38-43(3,51-38)21-20-35(34)42)24-28-14-16-29(17-15-28)41(48)49-36-25-31(40(47)45-22-23-46)26-37-39(36)52-44(50-37,32-10-6-4-7-11-32)33-12-8-5-9-13-33/h4-17,24,26,34-39,46H,18-23,25,27H2,1-3H3,(H,45,47). The molecule has 3 aromatic rings. The zero-order chi connectivity index (χ0) is 36.1. The molecule has 5 aliphatic rings. The van der Waals surface area contributed by atoms with Crippen LogP contribution in [-0.2, 0) is 29.5 Å². The number of epoxide rings is 1. The third-order valence-corrected chi connectivity index (χ3v) is 12.2. The van der Waals surface area contributed by atoms with Gasteiger partial charge in [0, 0.05) is 29.7 Å². The first kappa shape index (κ1) is 35.0. The molecule has 0 radical (unpaired) electrons. The van der Waals surface area contributed by atoms with Crippen LogP contribution in [-0.4, -0.2) is 60.2 Å². The number of aliphatic hydroxyl groups excluding tert-OH is 1. The van der Waals surface area contributed by atoms with E-state index in [4.69, 9.17) is 18.9 Å². The first-order valence-electron chi connectivity index (χ1n) is 18.8. The number of hydrogen-bond donors (Lipinski definition) is 2. The highest BCUT2D eigenvalue weighted by Crippen LogP contribution is 2.60. The number of hydrogen-bond acceptors (Lipinski definition) is 7. The molecular weight excluding hydrogens is 654 g/mol. The fraction of sp³-hybridized carbons (Fsp3) is 0.455. The van der Waals surface area contributed by atoms with E-state index in [1.54, 1.807) is 6.08 Å². The highest BCUT2D eigenvalue weighted by atomic mass is 16.8. The van der Waals surface area contributed by atoms with Crippen molar-refractivity contribution in [3.8, 4) is 0 Å². The van der Waals surface area contributed by atoms with Gasteiger partial charge < -0.3 is 29.4 Å². The molecule has 2 aliphatic heterocycles. The molecule has 272 valence electrons. The van der Waals surface area contributed by atoms with Crippen molar-refractivity contribution in [1.82, 2.24) is 5.32 Å². The number of benzene rings is 3. The van der Waals surface area contributed by atoms with Crippen LogP contribution < -0.4 is 5.32 Å². The summed E-state index contributed by atoms with van der Waals surface area (Å²) in [6.45, 7) is 7.00. The van der Waals surface area contributed by atoms with Crippen LogP contribution in [0.3, 0.4) is 0 Å². The highest BCUT2D eigenvalue weighted by molar-refractivity contribution is 5.94. The van der Waals surface area contributed by atoms with E-state index >= 15 is 0 Å². The van der Waals surface area contributed by atoms with Crippen molar-refractivity contribution in [1.29, 1.82) is 0 Å². The smallest absolute Gasteiger partial charge is 0.338 e. The first-order valence-corrected chi connectivity index (χ1v) is 18.8. The van der Waals surface area contributed by atoms with Crippen LogP contribution in [0.5, 0.6) is 0 Å². The number of nitrogens with one attached hydrogen (secondary N) is 1. The average Bonchev–Trinajstić information content (AvgIpc) is 3.61. The Balaban J connectivity index is 1.04. The van der Waals surface area contributed by atoms with E-state index in [9.17, 15) is 14.7 Å². The summed E-state index contributed by atoms with van der Waals surface area (Å²) in [4.78, 5) is 27.0. The molecule has 8 nitrogen and oxygen atoms in total. The van der Waals surface area contributed by atoms with Gasteiger partial charge in [-0.25, -0.2) is 4.79 Å². The summed E-state index contributed by atoms with van der Waals surface area (Å²) in [5, 5.41) is 12.1. The van der Waals surface area contributed by atoms with Crippen molar-refractivity contribution in [2.24, 2.45) is 17.3 Å². The lowest BCUT2D eigenvalue weighted by atomic mass is 9.52. The van der Waals surface area contributed by atoms with Crippen LogP contribution in [0.2, 0.25) is 0 Å². The molecular formula is C44H49NO7. The summed E-state index contributed by atoms with van der Waals surface area (Å²) in [7, 11) is 0. The van der Waals surface area contributed by atoms with Gasteiger partial charge >= 0.3 is 5.97 Å². The van der Waals surface area contributed by atoms with E-state index in [1.165, 1.54) is 18.4 Å². The van der Waals surface area contributed by atoms with E-state index in [-0.39, 0.29) is 31.1 Å². The molecule has 2 N–H and O–H groups in total. The minimum atomic E-state index is -1.28. The minimum Gasteiger partial charge on any atom is -0.456 e. The van der Waals surface area contributed by atoms with Crippen LogP contribution >= 0.6 is 0 Å². The van der Waals surface area contributed by atoms with E-state index in [0.29, 0.717) is 34.5 Å². The van der Waals surface area contributed by atoms with Gasteiger partial charge in [0.2, 0.25) is 11.7 Å². The Bertz CT molecular complexity index is 1810. The summed E-state index contributed by atoms with van der Waals surface area (Å²) in [5.41, 5.74) is 5.37. The molecule has 8 rings (SSSR count). The highest BCUT2D eigenvalue weighted by Gasteiger charge is 2.57. The van der Waals surface area contributed by atoms with Gasteiger partial charge in [-0.3, -0.25) is 4.79 Å². The zero-order valence-electron chi connectivity index (χ0n) is 30.3. The second kappa shape index (κ2) is 13.7. The lowest BCUT2D eigenvalue weighted by Gasteiger charge is -2.53. The molecule has 8 heteroatoms. The summed E-state index contributed by atoms with van der Waals surface area (Å²) in [6.07, 6.45) is 8.04. The lowest BCUT2D eigenvalue weighted by molar-refractivity contribution is -0.157. The van der Waals surface area contributed by atoms with E-state index in [2.05, 4.69) is 32.2 Å². The topological polar surface area (TPSA) is 107 Å². The van der Waals surface area contributed by atoms with Crippen LogP contribution in [0.1, 0.15) is 86.3 Å². The predicted octanol–water partition coefficient (Wildman–Crippen LogP) is 7.11. The van der Waals surface area contributed by atoms with Crippen LogP contribution in [0.15, 0.2) is 102 Å². The number of carbonyl (C=O) groups excluding carboxylic acids is 2. The fourth-order valence-corrected chi connectivity index (χ4v) is 9.22. The van der Waals surface area contributed by atoms with Gasteiger partial charge in [0.05, 0.1) is 23.9 Å². The van der Waals surface area contributed by atoms with Crippen molar-refractivity contribution < 1.29 is 33.6 Å². The molecule has 3 aliphatic carbocycles. The second-order valence-electron chi connectivity index (χ2n) is 16.1. The number of allylic oxidation sites excluding steroid dienone is 1. The average molecular weight is 704 g/mol. The number of aliphatic hydroxyl groups is 1. The largest absolute Gasteiger partial charge is 0.456 e. The number of rotatable bonds is 8. The minimum absolute atomic E-state index is 0.0477. The quantitative estimate of drug-likeness (QED) is 0.190. The Labute approximate surface area is 306 Å². The molecule has 0 bridgehead atoms. The zero-order valence-corrected chi connectivity index (χ0v) is 30.3. The van der Waals surface area contributed by atoms with Crippen LogP contribution in [0.4, 0.5) is 0 Å². The lowest BCUT2D eigenvalue weighted by Crippen LogP contribution is -2.45. The molecule has 7 atom stereocenters. The Morgan fingerprint density at radius 2 is 1.60 bits per heavy atom. The normalized spacial score (nSPS) is 32.0. The second-order valence-corrected chi connectivity index (χ2v) is 16.1. The molecule has 0 aromatic heterocycles. The SMILES string of the molecule is CC1(C)CC2C(=Cc3ccc(C(=O)OC4CC(C(=O)NCCO)=CC5OC(c6ccccc6)(c6ccccc6)OC54)cc3)CCC3OC3(C)CCC21. The molecule has 3 aromatic carbocycles. The van der Waals surface area contributed by atoms with Crippen molar-refractivity contribution in [2.75, 3.05) is 13.2 Å². The molecule has 4 fully saturated rings. The maximum absolute atomic E-state index is 13.8. The third kappa shape index (κ3) is 6.55. The Hall–Kier alpha value is -4.08. The monoisotopic (exact) mass is 703 g/mol. The summed E-state index contributed by atoms with van der Waals surface area (Å²) in [5.74, 6) is -0.870. The Morgan fingerprint density at radius 3 is 2.25 bits per heavy atom. The molecule has 0 spiro atoms. The number of amides is 1. The molecule has 1 amide bonds. The van der Waals surface area contributed by atoms with Gasteiger partial charge in [-0.05, 0) is 80.1 Å². The van der Waals surface area contributed by atoms with E-state index in [0.717, 1.165) is 36.0 Å². The number of esters is 1. The van der Waals surface area contributed by atoms with Gasteiger partial charge in [0.25, 0.3) is 0 Å². The predicted molar refractivity (Wildman–Crippen MR) is 197 cm³/mol. The van der Waals surface area contributed by atoms with Crippen LogP contribution in [0, 0.1) is 17.3 Å². The van der Waals surface area contributed by atoms with Gasteiger partial charge in [-0.15, -0.1) is 0 Å². The third-order valence-electron chi connectivity index (χ3n) is 12.2. The fourth-order valence-electron chi connectivity index (χ4n) is 9.22. The summed E-state index contributed by atoms with van der Waals surface area (Å²) in [6, 6.07) is 27.0. The Kier molecular flexibility index (Phi) is 9.23. The van der Waals surface area contributed by atoms with Gasteiger partial charge in [-0.1, -0.05) is 98.3 Å². The van der Waals surface area contributed by atoms with Crippen molar-refractivity contribution >= 4 is 18.0 Å². The van der Waals surface area contributed by atoms with Gasteiger partial charge in [-0.2, -0.15) is 0 Å². The van der Waals surface area contributed by atoms with Crippen LogP contribution in [0.25, 0.3) is 6.08 Å². The molecule has 7 unspecified atom stereocenters. The molecule has 2 saturated heterocycles. The summed E-state index contributed by atoms with van der Waals surface area (Å²) < 4.78 is 26.0. The molecule has 2 saturated carbocycles. The molecule has 52 heavy (non-hydrogen) atoms. The van der Waals surface area contributed by atoms with E-state index in [1.807, 2.05) is 84.9 Å². The summed E-state index contributed by atoms with van der Waals surface area (Å²) >= 11 is 0. The van der Waals surface area contributed by atoms with Gasteiger partial charge in [0.15, 0.2) is 0 Å². The maximum atomic E-state index is 13.8. The van der Waals surface area contributed by atoms with Gasteiger partial charge in [0.1, 0.15) is 18.3 Å². The van der Waals surface area contributed by atoms with Crippen molar-refractivity contribution in [3.05, 3.63) is 124 Å². The number of fused-ring (bicyclic) bond motifs is 3. The Morgan fingerprint density at radius 1 is 0.904 bits per heavy atom.